The number of nitrogens with one attached hydrogen (secondary N) is 2. The molecule has 0 bridgehead atoms. The number of carbonyl (C=O) groups excluding carboxylic acids is 1. The lowest BCUT2D eigenvalue weighted by Crippen LogP contribution is -2.31. The average Bonchev–Trinajstić information content (AvgIpc) is 2.71. The minimum atomic E-state index is 0. The third kappa shape index (κ3) is 6.92. The molecule has 1 aromatic carbocycles. The van der Waals surface area contributed by atoms with Gasteiger partial charge in [-0.25, -0.2) is 0 Å². The number of amides is 1. The normalized spacial score (nSPS) is 11.3. The van der Waals surface area contributed by atoms with Gasteiger partial charge in [0.15, 0.2) is 0 Å². The number of hydrogen-bond acceptors (Lipinski definition) is 2. The van der Waals surface area contributed by atoms with E-state index in [1.54, 1.807) is 6.92 Å². The molecule has 0 fully saturated rings. The SMILES string of the molecule is CC(=O)N[C@@H](C)Cc1c[nH]c2ccccc12.CN(C)C.O.[HH].[HH]. The second-order valence-electron chi connectivity index (χ2n) is 5.51. The van der Waals surface area contributed by atoms with E-state index in [1.807, 2.05) is 51.3 Å². The predicted octanol–water partition coefficient (Wildman–Crippen LogP) is 2.08. The number of benzene rings is 1. The van der Waals surface area contributed by atoms with Crippen LogP contribution in [0.4, 0.5) is 0 Å². The smallest absolute Gasteiger partial charge is 0.217 e. The molecule has 0 radical (unpaired) electrons. The molecule has 5 nitrogen and oxygen atoms in total. The second kappa shape index (κ2) is 9.15. The molecule has 0 aliphatic heterocycles. The molecule has 21 heavy (non-hydrogen) atoms. The molecule has 2 rings (SSSR count). The van der Waals surface area contributed by atoms with Gasteiger partial charge in [-0.2, -0.15) is 0 Å². The van der Waals surface area contributed by atoms with E-state index in [-0.39, 0.29) is 20.3 Å². The van der Waals surface area contributed by atoms with Crippen molar-refractivity contribution in [3.8, 4) is 0 Å². The van der Waals surface area contributed by atoms with Crippen molar-refractivity contribution in [1.29, 1.82) is 0 Å². The molecular weight excluding hydrogens is 266 g/mol. The molecule has 4 N–H and O–H groups in total. The zero-order valence-electron chi connectivity index (χ0n) is 13.5. The van der Waals surface area contributed by atoms with Crippen molar-refractivity contribution in [3.63, 3.8) is 0 Å². The van der Waals surface area contributed by atoms with Crippen molar-refractivity contribution in [2.45, 2.75) is 26.3 Å². The van der Waals surface area contributed by atoms with Gasteiger partial charge in [0.2, 0.25) is 5.91 Å². The number of carbonyl (C=O) groups is 1. The summed E-state index contributed by atoms with van der Waals surface area (Å²) in [6, 6.07) is 8.36. The van der Waals surface area contributed by atoms with E-state index in [0.717, 1.165) is 11.9 Å². The van der Waals surface area contributed by atoms with Gasteiger partial charge in [-0.1, -0.05) is 18.2 Å². The number of hydrogen-bond donors (Lipinski definition) is 2. The molecule has 122 valence electrons. The fourth-order valence-electron chi connectivity index (χ4n) is 2.03. The Balaban J connectivity index is -0.000000517. The number of nitrogens with zero attached hydrogens (tertiary/aromatic N) is 1. The zero-order valence-corrected chi connectivity index (χ0v) is 13.5. The van der Waals surface area contributed by atoms with Gasteiger partial charge in [0.05, 0.1) is 0 Å². The quantitative estimate of drug-likeness (QED) is 0.909. The highest BCUT2D eigenvalue weighted by Gasteiger charge is 2.08. The molecule has 0 unspecified atom stereocenters. The minimum Gasteiger partial charge on any atom is -0.412 e. The summed E-state index contributed by atoms with van der Waals surface area (Å²) in [6.07, 6.45) is 2.87. The topological polar surface area (TPSA) is 79.6 Å². The van der Waals surface area contributed by atoms with Crippen LogP contribution in [0, 0.1) is 0 Å². The molecule has 1 amide bonds. The van der Waals surface area contributed by atoms with Crippen LogP contribution in [0.2, 0.25) is 0 Å². The second-order valence-corrected chi connectivity index (χ2v) is 5.51. The van der Waals surface area contributed by atoms with Gasteiger partial charge in [0.25, 0.3) is 0 Å². The van der Waals surface area contributed by atoms with Crippen molar-refractivity contribution in [3.05, 3.63) is 36.0 Å². The van der Waals surface area contributed by atoms with E-state index in [2.05, 4.69) is 22.4 Å². The van der Waals surface area contributed by atoms with Crippen molar-refractivity contribution in [2.75, 3.05) is 21.1 Å². The first-order valence-electron chi connectivity index (χ1n) is 6.83. The van der Waals surface area contributed by atoms with Crippen LogP contribution in [0.25, 0.3) is 10.9 Å². The molecule has 0 saturated heterocycles. The Kier molecular flexibility index (Phi) is 8.35. The van der Waals surface area contributed by atoms with Gasteiger partial charge < -0.3 is 20.7 Å². The van der Waals surface area contributed by atoms with Crippen molar-refractivity contribution in [2.24, 2.45) is 0 Å². The van der Waals surface area contributed by atoms with E-state index in [1.165, 1.54) is 10.9 Å². The van der Waals surface area contributed by atoms with Crippen LogP contribution < -0.4 is 5.32 Å². The standard InChI is InChI=1S/C13H16N2O.C3H9N.H2O.2H2/c1-9(15-10(2)16)7-11-8-14-13-6-4-3-5-12(11)13;1-4(2)3;;;/h3-6,8-9,14H,7H2,1-2H3,(H,15,16);1-3H3;1H2;2*1H/t9-;;;;/m0..../s1. The molecule has 0 aliphatic rings. The Morgan fingerprint density at radius 3 is 2.48 bits per heavy atom. The van der Waals surface area contributed by atoms with Gasteiger partial charge in [-0.3, -0.25) is 4.79 Å². The molecular formula is C16H31N3O2. The molecule has 0 spiro atoms. The van der Waals surface area contributed by atoms with Gasteiger partial charge in [0, 0.05) is 32.9 Å². The number of H-pyrrole nitrogens is 1. The molecule has 1 aromatic heterocycles. The highest BCUT2D eigenvalue weighted by molar-refractivity contribution is 5.83. The number of rotatable bonds is 3. The third-order valence-corrected chi connectivity index (χ3v) is 2.65. The predicted molar refractivity (Wildman–Crippen MR) is 92.7 cm³/mol. The Labute approximate surface area is 129 Å². The van der Waals surface area contributed by atoms with Crippen LogP contribution in [0.5, 0.6) is 0 Å². The van der Waals surface area contributed by atoms with Crippen LogP contribution in [-0.2, 0) is 11.2 Å². The maximum atomic E-state index is 10.9. The lowest BCUT2D eigenvalue weighted by Gasteiger charge is -2.11. The summed E-state index contributed by atoms with van der Waals surface area (Å²) in [4.78, 5) is 16.2. The lowest BCUT2D eigenvalue weighted by molar-refractivity contribution is -0.119. The van der Waals surface area contributed by atoms with Crippen LogP contribution in [-0.4, -0.2) is 48.5 Å². The average molecular weight is 297 g/mol. The molecule has 1 heterocycles. The van der Waals surface area contributed by atoms with Gasteiger partial charge in [-0.05, 0) is 46.1 Å². The summed E-state index contributed by atoms with van der Waals surface area (Å²) in [5, 5.41) is 4.13. The highest BCUT2D eigenvalue weighted by Crippen LogP contribution is 2.18. The van der Waals surface area contributed by atoms with Gasteiger partial charge >= 0.3 is 0 Å². The molecule has 2 aromatic rings. The van der Waals surface area contributed by atoms with E-state index < -0.39 is 0 Å². The molecule has 1 atom stereocenters. The highest BCUT2D eigenvalue weighted by atomic mass is 16.1. The summed E-state index contributed by atoms with van der Waals surface area (Å²) in [7, 11) is 6.00. The van der Waals surface area contributed by atoms with Crippen molar-refractivity contribution >= 4 is 16.8 Å². The Hall–Kier alpha value is -1.85. The van der Waals surface area contributed by atoms with Crippen LogP contribution in [0.3, 0.4) is 0 Å². The van der Waals surface area contributed by atoms with Gasteiger partial charge in [-0.15, -0.1) is 0 Å². The molecule has 5 heteroatoms. The van der Waals surface area contributed by atoms with E-state index >= 15 is 0 Å². The molecule has 0 aliphatic carbocycles. The van der Waals surface area contributed by atoms with Crippen LogP contribution >= 0.6 is 0 Å². The zero-order chi connectivity index (χ0) is 15.1. The van der Waals surface area contributed by atoms with E-state index in [9.17, 15) is 4.79 Å². The first-order valence-corrected chi connectivity index (χ1v) is 6.83. The van der Waals surface area contributed by atoms with Gasteiger partial charge in [0.1, 0.15) is 0 Å². The van der Waals surface area contributed by atoms with Crippen molar-refractivity contribution in [1.82, 2.24) is 15.2 Å². The van der Waals surface area contributed by atoms with E-state index in [4.69, 9.17) is 0 Å². The minimum absolute atomic E-state index is 0. The summed E-state index contributed by atoms with van der Waals surface area (Å²) in [6.45, 7) is 3.56. The van der Waals surface area contributed by atoms with Crippen molar-refractivity contribution < 1.29 is 13.1 Å². The Morgan fingerprint density at radius 2 is 1.90 bits per heavy atom. The first kappa shape index (κ1) is 19.1. The Morgan fingerprint density at radius 1 is 1.33 bits per heavy atom. The fourth-order valence-corrected chi connectivity index (χ4v) is 2.03. The van der Waals surface area contributed by atoms with Crippen LogP contribution in [0.15, 0.2) is 30.5 Å². The van der Waals surface area contributed by atoms with Crippen LogP contribution in [0.1, 0.15) is 22.3 Å². The monoisotopic (exact) mass is 297 g/mol. The first-order chi connectivity index (χ1) is 9.40. The van der Waals surface area contributed by atoms with E-state index in [0.29, 0.717) is 0 Å². The largest absolute Gasteiger partial charge is 0.412 e. The lowest BCUT2D eigenvalue weighted by atomic mass is 10.1. The Bertz CT molecular complexity index is 556. The number of aromatic nitrogens is 1. The summed E-state index contributed by atoms with van der Waals surface area (Å²) in [5.74, 6) is 0.0207. The number of para-hydroxylation sites is 1. The summed E-state index contributed by atoms with van der Waals surface area (Å²) >= 11 is 0. The maximum absolute atomic E-state index is 10.9. The maximum Gasteiger partial charge on any atom is 0.217 e. The fraction of sp³-hybridized carbons (Fsp3) is 0.438. The molecule has 0 saturated carbocycles. The third-order valence-electron chi connectivity index (χ3n) is 2.65. The number of fused-ring (bicyclic) bond motifs is 1. The number of aromatic amines is 1. The summed E-state index contributed by atoms with van der Waals surface area (Å²) in [5.41, 5.74) is 2.39. The summed E-state index contributed by atoms with van der Waals surface area (Å²) < 4.78 is 0.